The van der Waals surface area contributed by atoms with Crippen LogP contribution in [0.3, 0.4) is 0 Å². The van der Waals surface area contributed by atoms with Crippen LogP contribution in [0.4, 0.5) is 0 Å². The molecule has 5 rings (SSSR count). The standard InChI is InChI=1S/C46H55N7O11/c1-29-43(60)53-26-16-20-35(53)46(63)64-28-33(44(61)52-25-15-19-34(52)45(62)51(3)30(2)41(58)47-29)49-42(59)32(27-31-17-11-10-12-18-31)48-38(56)21-13-8-6-4-5-7-9-14-22-39(57)50-40-36(54)23-24-37(40)55/h4-14,17-18,21-22,29-30,32-35,54H,15-16,19-20,23-28H2,1-3H3,(H,47,58)(H,48,56)(H,49,59)(H,50,57)/b5-4+,8-6+,9-7+,21-13+,22-14+. The largest absolute Gasteiger partial charge is 0.510 e. The zero-order valence-electron chi connectivity index (χ0n) is 36.1. The number of carbonyl (C=O) groups is 9. The molecule has 6 unspecified atom stereocenters. The van der Waals surface area contributed by atoms with Crippen LogP contribution in [-0.2, 0) is 54.3 Å². The first-order valence-corrected chi connectivity index (χ1v) is 21.3. The maximum Gasteiger partial charge on any atom is 0.328 e. The molecule has 7 amide bonds. The minimum absolute atomic E-state index is 0.0271. The molecule has 0 bridgehead atoms. The lowest BCUT2D eigenvalue weighted by Gasteiger charge is -2.34. The molecule has 1 aromatic rings. The fourth-order valence-corrected chi connectivity index (χ4v) is 7.62. The van der Waals surface area contributed by atoms with Gasteiger partial charge in [-0.3, -0.25) is 38.4 Å². The Kier molecular flexibility index (Phi) is 17.1. The normalized spacial score (nSPS) is 24.6. The first-order valence-electron chi connectivity index (χ1n) is 21.3. The van der Waals surface area contributed by atoms with Crippen LogP contribution in [0.1, 0.15) is 57.9 Å². The molecule has 18 nitrogen and oxygen atoms in total. The quantitative estimate of drug-likeness (QED) is 0.113. The molecule has 18 heteroatoms. The first kappa shape index (κ1) is 47.9. The van der Waals surface area contributed by atoms with Gasteiger partial charge in [-0.05, 0) is 45.1 Å². The summed E-state index contributed by atoms with van der Waals surface area (Å²) in [6, 6.07) is 2.21. The Bertz CT molecular complexity index is 2160. The molecular weight excluding hydrogens is 827 g/mol. The summed E-state index contributed by atoms with van der Waals surface area (Å²) in [6.07, 6.45) is 17.0. The van der Waals surface area contributed by atoms with Crippen LogP contribution in [-0.4, -0.2) is 136 Å². The van der Waals surface area contributed by atoms with E-state index >= 15 is 0 Å². The summed E-state index contributed by atoms with van der Waals surface area (Å²) in [6.45, 7) is 2.79. The highest BCUT2D eigenvalue weighted by molar-refractivity contribution is 6.03. The Morgan fingerprint density at radius 3 is 2.02 bits per heavy atom. The number of aliphatic hydroxyl groups excluding tert-OH is 1. The molecule has 3 heterocycles. The van der Waals surface area contributed by atoms with E-state index < -0.39 is 90.2 Å². The Morgan fingerprint density at radius 2 is 1.39 bits per heavy atom. The van der Waals surface area contributed by atoms with Crippen LogP contribution in [0.15, 0.2) is 103 Å². The van der Waals surface area contributed by atoms with Crippen molar-refractivity contribution in [3.8, 4) is 0 Å². The van der Waals surface area contributed by atoms with Crippen molar-refractivity contribution in [2.45, 2.75) is 95.0 Å². The van der Waals surface area contributed by atoms with Gasteiger partial charge in [0.15, 0.2) is 5.78 Å². The highest BCUT2D eigenvalue weighted by Crippen LogP contribution is 2.24. The molecule has 0 spiro atoms. The van der Waals surface area contributed by atoms with Crippen molar-refractivity contribution in [3.05, 3.63) is 108 Å². The summed E-state index contributed by atoms with van der Waals surface area (Å²) in [5.74, 6) is -5.50. The number of cyclic esters (lactones) is 1. The van der Waals surface area contributed by atoms with Crippen LogP contribution in [0, 0.1) is 0 Å². The van der Waals surface area contributed by atoms with Gasteiger partial charge >= 0.3 is 5.97 Å². The number of likely N-dealkylation sites (N-methyl/N-ethyl adjacent to an activating group) is 1. The molecule has 4 aliphatic rings. The third-order valence-electron chi connectivity index (χ3n) is 11.3. The predicted octanol–water partition coefficient (Wildman–Crippen LogP) is 1.12. The van der Waals surface area contributed by atoms with Gasteiger partial charge in [-0.2, -0.15) is 0 Å². The van der Waals surface area contributed by atoms with Gasteiger partial charge in [0.05, 0.1) is 0 Å². The number of ketones is 1. The number of esters is 1. The third-order valence-corrected chi connectivity index (χ3v) is 11.3. The van der Waals surface area contributed by atoms with Crippen LogP contribution in [0.25, 0.3) is 0 Å². The molecule has 6 atom stereocenters. The number of Topliss-reactive ketones (excluding diaryl/α,β-unsaturated/α-hetero) is 1. The fraction of sp³-hybridized carbons (Fsp3) is 0.413. The predicted molar refractivity (Wildman–Crippen MR) is 232 cm³/mol. The van der Waals surface area contributed by atoms with E-state index in [0.717, 1.165) is 0 Å². The molecule has 3 fully saturated rings. The zero-order valence-corrected chi connectivity index (χ0v) is 36.1. The summed E-state index contributed by atoms with van der Waals surface area (Å²) in [7, 11) is 1.44. The minimum Gasteiger partial charge on any atom is -0.510 e. The summed E-state index contributed by atoms with van der Waals surface area (Å²) in [5, 5.41) is 20.1. The second kappa shape index (κ2) is 22.8. The molecular formula is C46H55N7O11. The Hall–Kier alpha value is -7.11. The van der Waals surface area contributed by atoms with Crippen molar-refractivity contribution in [2.24, 2.45) is 0 Å². The second-order valence-corrected chi connectivity index (χ2v) is 15.8. The van der Waals surface area contributed by atoms with Gasteiger partial charge in [0.1, 0.15) is 54.3 Å². The lowest BCUT2D eigenvalue weighted by Crippen LogP contribution is -2.60. The van der Waals surface area contributed by atoms with Gasteiger partial charge in [0.2, 0.25) is 41.4 Å². The van der Waals surface area contributed by atoms with E-state index in [1.807, 2.05) is 0 Å². The Morgan fingerprint density at radius 1 is 0.797 bits per heavy atom. The monoisotopic (exact) mass is 881 g/mol. The zero-order chi connectivity index (χ0) is 46.3. The molecule has 0 saturated carbocycles. The van der Waals surface area contributed by atoms with Crippen molar-refractivity contribution >= 4 is 53.1 Å². The lowest BCUT2D eigenvalue weighted by molar-refractivity contribution is -0.158. The molecule has 340 valence electrons. The van der Waals surface area contributed by atoms with E-state index in [0.29, 0.717) is 18.4 Å². The summed E-state index contributed by atoms with van der Waals surface area (Å²) >= 11 is 0. The third kappa shape index (κ3) is 12.7. The van der Waals surface area contributed by atoms with Gasteiger partial charge in [-0.25, -0.2) is 4.79 Å². The summed E-state index contributed by atoms with van der Waals surface area (Å²) < 4.78 is 5.66. The molecule has 3 saturated heterocycles. The fourth-order valence-electron chi connectivity index (χ4n) is 7.62. The summed E-state index contributed by atoms with van der Waals surface area (Å²) in [5.41, 5.74) is 0.617. The van der Waals surface area contributed by atoms with E-state index in [1.165, 1.54) is 59.9 Å². The maximum atomic E-state index is 14.3. The maximum absolute atomic E-state index is 14.3. The highest BCUT2D eigenvalue weighted by Gasteiger charge is 2.43. The highest BCUT2D eigenvalue weighted by atomic mass is 16.5. The number of allylic oxidation sites excluding steroid dienone is 10. The van der Waals surface area contributed by atoms with Gasteiger partial charge in [-0.15, -0.1) is 0 Å². The number of nitrogens with one attached hydrogen (secondary N) is 4. The van der Waals surface area contributed by atoms with E-state index in [2.05, 4.69) is 21.3 Å². The number of hydrogen-bond acceptors (Lipinski definition) is 11. The van der Waals surface area contributed by atoms with Gasteiger partial charge in [0.25, 0.3) is 0 Å². The number of ether oxygens (including phenoxy) is 1. The number of nitrogens with zero attached hydrogens (tertiary/aromatic N) is 3. The molecule has 1 aromatic carbocycles. The SMILES string of the molecule is CC1NC(=O)C(C)N(C)C(=O)C2CCCN2C(=O)C(NC(=O)C(Cc2ccccc2)NC(=O)/C=C/C=C/C=C/C=C/C=C/C(=O)NC2=C(O)CCC2=O)COC(=O)C2CCCN2C1=O. The van der Waals surface area contributed by atoms with Crippen LogP contribution < -0.4 is 21.3 Å². The number of hydrogen-bond donors (Lipinski definition) is 5. The van der Waals surface area contributed by atoms with E-state index in [1.54, 1.807) is 66.8 Å². The van der Waals surface area contributed by atoms with Gasteiger partial charge in [-0.1, -0.05) is 78.9 Å². The average Bonchev–Trinajstić information content (AvgIpc) is 4.05. The number of amides is 7. The van der Waals surface area contributed by atoms with Crippen molar-refractivity contribution in [1.29, 1.82) is 0 Å². The minimum atomic E-state index is -1.48. The number of benzene rings is 1. The smallest absolute Gasteiger partial charge is 0.328 e. The van der Waals surface area contributed by atoms with Crippen molar-refractivity contribution in [3.63, 3.8) is 0 Å². The second-order valence-electron chi connectivity index (χ2n) is 15.8. The Balaban J connectivity index is 1.27. The number of carbonyl (C=O) groups excluding carboxylic acids is 9. The van der Waals surface area contributed by atoms with E-state index in [-0.39, 0.29) is 62.4 Å². The molecule has 0 aromatic heterocycles. The molecule has 5 N–H and O–H groups in total. The average molecular weight is 882 g/mol. The van der Waals surface area contributed by atoms with Crippen molar-refractivity contribution in [2.75, 3.05) is 26.7 Å². The van der Waals surface area contributed by atoms with E-state index in [4.69, 9.17) is 4.74 Å². The number of rotatable bonds is 12. The summed E-state index contributed by atoms with van der Waals surface area (Å²) in [4.78, 5) is 123. The Labute approximate surface area is 371 Å². The van der Waals surface area contributed by atoms with Crippen LogP contribution in [0.2, 0.25) is 0 Å². The molecule has 0 radical (unpaired) electrons. The van der Waals surface area contributed by atoms with E-state index in [9.17, 15) is 48.3 Å². The van der Waals surface area contributed by atoms with Gasteiger partial charge in [0, 0.05) is 51.6 Å². The topological polar surface area (TPSA) is 241 Å². The first-order chi connectivity index (χ1) is 30.7. The lowest BCUT2D eigenvalue weighted by atomic mass is 10.0. The number of aliphatic hydroxyl groups is 1. The van der Waals surface area contributed by atoms with Gasteiger partial charge < -0.3 is 45.8 Å². The molecule has 64 heavy (non-hydrogen) atoms. The molecule has 3 aliphatic heterocycles. The molecule has 1 aliphatic carbocycles. The van der Waals surface area contributed by atoms with Crippen LogP contribution >= 0.6 is 0 Å². The number of fused-ring (bicyclic) bond motifs is 2. The van der Waals surface area contributed by atoms with Crippen molar-refractivity contribution < 1.29 is 53.0 Å². The van der Waals surface area contributed by atoms with Crippen molar-refractivity contribution in [1.82, 2.24) is 36.0 Å². The van der Waals surface area contributed by atoms with Crippen LogP contribution in [0.5, 0.6) is 0 Å².